The van der Waals surface area contributed by atoms with Gasteiger partial charge in [0.1, 0.15) is 0 Å². The Hall–Kier alpha value is -2.28. The number of nitrogens with one attached hydrogen (secondary N) is 2. The molecule has 29 heavy (non-hydrogen) atoms. The van der Waals surface area contributed by atoms with E-state index < -0.39 is 0 Å². The summed E-state index contributed by atoms with van der Waals surface area (Å²) in [5.41, 5.74) is 1.93. The largest absolute Gasteiger partial charge is 0.367 e. The van der Waals surface area contributed by atoms with Crippen LogP contribution in [0.25, 0.3) is 0 Å². The van der Waals surface area contributed by atoms with Crippen molar-refractivity contribution >= 4 is 23.3 Å². The van der Waals surface area contributed by atoms with Gasteiger partial charge in [0.05, 0.1) is 11.4 Å². The van der Waals surface area contributed by atoms with Crippen molar-refractivity contribution in [3.8, 4) is 0 Å². The van der Waals surface area contributed by atoms with E-state index in [9.17, 15) is 9.59 Å². The number of likely N-dealkylation sites (tertiary alicyclic amines) is 1. The van der Waals surface area contributed by atoms with Crippen molar-refractivity contribution in [2.45, 2.75) is 39.7 Å². The molecule has 2 aliphatic heterocycles. The molecule has 0 radical (unpaired) electrons. The molecule has 3 rings (SSSR count). The standard InChI is InChI=1S/C22H35N5O2/c1-4-25-13-15-26(16-14-25)20-8-6-5-7-19(20)24-22(29)23-18-9-11-27(12-10-18)21(28)17(2)3/h5-8,17-18H,4,9-16H2,1-3H3,(H2,23,24,29). The van der Waals surface area contributed by atoms with E-state index in [0.717, 1.165) is 56.9 Å². The molecular formula is C22H35N5O2. The first-order valence-corrected chi connectivity index (χ1v) is 10.9. The molecule has 2 aliphatic rings. The molecular weight excluding hydrogens is 366 g/mol. The quantitative estimate of drug-likeness (QED) is 0.796. The van der Waals surface area contributed by atoms with Gasteiger partial charge in [-0.05, 0) is 31.5 Å². The van der Waals surface area contributed by atoms with Crippen LogP contribution >= 0.6 is 0 Å². The predicted molar refractivity (Wildman–Crippen MR) is 117 cm³/mol. The van der Waals surface area contributed by atoms with E-state index in [1.54, 1.807) is 0 Å². The van der Waals surface area contributed by atoms with E-state index in [4.69, 9.17) is 0 Å². The summed E-state index contributed by atoms with van der Waals surface area (Å²) in [4.78, 5) is 31.4. The van der Waals surface area contributed by atoms with Crippen molar-refractivity contribution in [1.29, 1.82) is 0 Å². The lowest BCUT2D eigenvalue weighted by Crippen LogP contribution is -2.48. The number of para-hydroxylation sites is 2. The lowest BCUT2D eigenvalue weighted by atomic mass is 10.0. The first-order valence-electron chi connectivity index (χ1n) is 10.9. The number of piperidine rings is 1. The molecule has 0 saturated carbocycles. The SMILES string of the molecule is CCN1CCN(c2ccccc2NC(=O)NC2CCN(C(=O)C(C)C)CC2)CC1. The van der Waals surface area contributed by atoms with Gasteiger partial charge in [0, 0.05) is 51.2 Å². The Kier molecular flexibility index (Phi) is 7.36. The Morgan fingerprint density at radius 3 is 2.31 bits per heavy atom. The second-order valence-electron chi connectivity index (χ2n) is 8.29. The zero-order valence-corrected chi connectivity index (χ0v) is 18.0. The normalized spacial score (nSPS) is 18.8. The van der Waals surface area contributed by atoms with Gasteiger partial charge < -0.3 is 25.3 Å². The highest BCUT2D eigenvalue weighted by molar-refractivity contribution is 5.93. The number of carbonyl (C=O) groups is 2. The predicted octanol–water partition coefficient (Wildman–Crippen LogP) is 2.60. The third kappa shape index (κ3) is 5.63. The number of carbonyl (C=O) groups excluding carboxylic acids is 2. The molecule has 2 N–H and O–H groups in total. The Morgan fingerprint density at radius 1 is 1.03 bits per heavy atom. The minimum absolute atomic E-state index is 0.0264. The number of rotatable bonds is 5. The first kappa shape index (κ1) is 21.4. The second kappa shape index (κ2) is 9.96. The number of hydrogen-bond donors (Lipinski definition) is 2. The Bertz CT molecular complexity index is 692. The highest BCUT2D eigenvalue weighted by Crippen LogP contribution is 2.26. The molecule has 0 atom stereocenters. The van der Waals surface area contributed by atoms with Gasteiger partial charge in [0.25, 0.3) is 0 Å². The summed E-state index contributed by atoms with van der Waals surface area (Å²) < 4.78 is 0. The van der Waals surface area contributed by atoms with Crippen LogP contribution in [0.1, 0.15) is 33.6 Å². The van der Waals surface area contributed by atoms with E-state index in [0.29, 0.717) is 13.1 Å². The summed E-state index contributed by atoms with van der Waals surface area (Å²) in [6, 6.07) is 7.95. The summed E-state index contributed by atoms with van der Waals surface area (Å²) >= 11 is 0. The van der Waals surface area contributed by atoms with Gasteiger partial charge in [0.2, 0.25) is 5.91 Å². The third-order valence-electron chi connectivity index (χ3n) is 5.95. The number of likely N-dealkylation sites (N-methyl/N-ethyl adjacent to an activating group) is 1. The average Bonchev–Trinajstić information content (AvgIpc) is 2.74. The molecule has 2 fully saturated rings. The molecule has 1 aromatic rings. The molecule has 7 heteroatoms. The van der Waals surface area contributed by atoms with Crippen LogP contribution in [0.2, 0.25) is 0 Å². The van der Waals surface area contributed by atoms with E-state index in [1.807, 2.05) is 36.9 Å². The molecule has 2 saturated heterocycles. The van der Waals surface area contributed by atoms with Gasteiger partial charge in [-0.3, -0.25) is 4.79 Å². The van der Waals surface area contributed by atoms with Crippen LogP contribution in [0.15, 0.2) is 24.3 Å². The van der Waals surface area contributed by atoms with Crippen LogP contribution in [0, 0.1) is 5.92 Å². The fourth-order valence-electron chi connectivity index (χ4n) is 4.11. The summed E-state index contributed by atoms with van der Waals surface area (Å²) in [6.45, 7) is 12.6. The van der Waals surface area contributed by atoms with Crippen LogP contribution in [-0.2, 0) is 4.79 Å². The molecule has 3 amide bonds. The van der Waals surface area contributed by atoms with Crippen molar-refractivity contribution in [3.63, 3.8) is 0 Å². The zero-order valence-electron chi connectivity index (χ0n) is 18.0. The van der Waals surface area contributed by atoms with Crippen molar-refractivity contribution in [2.75, 3.05) is 56.0 Å². The summed E-state index contributed by atoms with van der Waals surface area (Å²) in [7, 11) is 0. The molecule has 0 spiro atoms. The smallest absolute Gasteiger partial charge is 0.319 e. The number of urea groups is 1. The van der Waals surface area contributed by atoms with Crippen molar-refractivity contribution in [2.24, 2.45) is 5.92 Å². The number of nitrogens with zero attached hydrogens (tertiary/aromatic N) is 3. The molecule has 0 bridgehead atoms. The van der Waals surface area contributed by atoms with Gasteiger partial charge in [-0.15, -0.1) is 0 Å². The maximum atomic E-state index is 12.6. The number of anilines is 2. The summed E-state index contributed by atoms with van der Waals surface area (Å²) in [6.07, 6.45) is 1.60. The lowest BCUT2D eigenvalue weighted by Gasteiger charge is -2.36. The average molecular weight is 402 g/mol. The van der Waals surface area contributed by atoms with Crippen LogP contribution in [0.3, 0.4) is 0 Å². The van der Waals surface area contributed by atoms with Gasteiger partial charge in [-0.2, -0.15) is 0 Å². The third-order valence-corrected chi connectivity index (χ3v) is 5.95. The fourth-order valence-corrected chi connectivity index (χ4v) is 4.11. The van der Waals surface area contributed by atoms with Crippen LogP contribution in [0.4, 0.5) is 16.2 Å². The van der Waals surface area contributed by atoms with Gasteiger partial charge in [-0.25, -0.2) is 4.79 Å². The molecule has 0 aromatic heterocycles. The molecule has 160 valence electrons. The van der Waals surface area contributed by atoms with Gasteiger partial charge >= 0.3 is 6.03 Å². The van der Waals surface area contributed by atoms with E-state index in [2.05, 4.69) is 33.4 Å². The molecule has 7 nitrogen and oxygen atoms in total. The summed E-state index contributed by atoms with van der Waals surface area (Å²) in [5.74, 6) is 0.225. The monoisotopic (exact) mass is 401 g/mol. The van der Waals surface area contributed by atoms with Crippen LogP contribution < -0.4 is 15.5 Å². The molecule has 2 heterocycles. The topological polar surface area (TPSA) is 67.9 Å². The molecule has 0 aliphatic carbocycles. The van der Waals surface area contributed by atoms with E-state index in [-0.39, 0.29) is 23.9 Å². The van der Waals surface area contributed by atoms with Gasteiger partial charge in [0.15, 0.2) is 0 Å². The molecule has 0 unspecified atom stereocenters. The number of piperazine rings is 1. The second-order valence-corrected chi connectivity index (χ2v) is 8.29. The number of benzene rings is 1. The zero-order chi connectivity index (χ0) is 20.8. The number of amides is 3. The number of hydrogen-bond acceptors (Lipinski definition) is 4. The highest BCUT2D eigenvalue weighted by atomic mass is 16.2. The van der Waals surface area contributed by atoms with E-state index in [1.165, 1.54) is 0 Å². The Balaban J connectivity index is 1.52. The van der Waals surface area contributed by atoms with Crippen LogP contribution in [0.5, 0.6) is 0 Å². The van der Waals surface area contributed by atoms with Crippen molar-refractivity contribution in [3.05, 3.63) is 24.3 Å². The fraction of sp³-hybridized carbons (Fsp3) is 0.636. The van der Waals surface area contributed by atoms with Gasteiger partial charge in [-0.1, -0.05) is 32.9 Å². The minimum Gasteiger partial charge on any atom is -0.367 e. The molecule has 1 aromatic carbocycles. The maximum Gasteiger partial charge on any atom is 0.319 e. The highest BCUT2D eigenvalue weighted by Gasteiger charge is 2.25. The Labute approximate surface area is 174 Å². The van der Waals surface area contributed by atoms with Crippen LogP contribution in [-0.4, -0.2) is 73.6 Å². The maximum absolute atomic E-state index is 12.6. The first-order chi connectivity index (χ1) is 14.0. The summed E-state index contributed by atoms with van der Waals surface area (Å²) in [5, 5.41) is 6.13. The van der Waals surface area contributed by atoms with Crippen molar-refractivity contribution < 1.29 is 9.59 Å². The minimum atomic E-state index is -0.168. The lowest BCUT2D eigenvalue weighted by molar-refractivity contribution is -0.135. The van der Waals surface area contributed by atoms with Crippen molar-refractivity contribution in [1.82, 2.24) is 15.1 Å². The van der Waals surface area contributed by atoms with E-state index >= 15 is 0 Å². The Morgan fingerprint density at radius 2 is 1.69 bits per heavy atom.